The van der Waals surface area contributed by atoms with E-state index in [4.69, 9.17) is 14.5 Å². The molecular formula is C17H14N4O2S. The minimum Gasteiger partial charge on any atom is -0.497 e. The van der Waals surface area contributed by atoms with Crippen molar-refractivity contribution >= 4 is 11.8 Å². The second-order valence-electron chi connectivity index (χ2n) is 4.94. The molecule has 3 rings (SSSR count). The first-order chi connectivity index (χ1) is 11.7. The number of ether oxygens (including phenoxy) is 1. The van der Waals surface area contributed by atoms with Gasteiger partial charge in [0.25, 0.3) is 0 Å². The van der Waals surface area contributed by atoms with Gasteiger partial charge in [-0.05, 0) is 43.3 Å². The van der Waals surface area contributed by atoms with E-state index in [9.17, 15) is 0 Å². The van der Waals surface area contributed by atoms with Crippen LogP contribution in [-0.2, 0) is 0 Å². The lowest BCUT2D eigenvalue weighted by Crippen LogP contribution is -1.91. The molecule has 0 saturated carbocycles. The second-order valence-corrected chi connectivity index (χ2v) is 6.30. The largest absolute Gasteiger partial charge is 0.497 e. The number of nitrogens with zero attached hydrogens (tertiary/aromatic N) is 4. The van der Waals surface area contributed by atoms with Crippen molar-refractivity contribution < 1.29 is 9.26 Å². The Hall–Kier alpha value is -2.85. The molecule has 2 aromatic heterocycles. The molecule has 3 aromatic rings. The third kappa shape index (κ3) is 3.55. The molecule has 24 heavy (non-hydrogen) atoms. The second kappa shape index (κ2) is 7.15. The number of hydrogen-bond acceptors (Lipinski definition) is 7. The molecule has 0 aliphatic heterocycles. The lowest BCUT2D eigenvalue weighted by atomic mass is 10.2. The molecule has 0 unspecified atom stereocenters. The van der Waals surface area contributed by atoms with Gasteiger partial charge in [0.15, 0.2) is 0 Å². The molecule has 0 fully saturated rings. The first kappa shape index (κ1) is 16.0. The van der Waals surface area contributed by atoms with E-state index >= 15 is 0 Å². The third-order valence-corrected chi connectivity index (χ3v) is 4.32. The van der Waals surface area contributed by atoms with E-state index < -0.39 is 0 Å². The summed E-state index contributed by atoms with van der Waals surface area (Å²) < 4.78 is 10.5. The Morgan fingerprint density at radius 2 is 2.04 bits per heavy atom. The van der Waals surface area contributed by atoms with Gasteiger partial charge in [-0.1, -0.05) is 16.9 Å². The molecule has 0 spiro atoms. The summed E-state index contributed by atoms with van der Waals surface area (Å²) in [5.74, 6) is 1.81. The average molecular weight is 338 g/mol. The monoisotopic (exact) mass is 338 g/mol. The van der Waals surface area contributed by atoms with Crippen molar-refractivity contribution in [2.75, 3.05) is 7.11 Å². The minimum absolute atomic E-state index is 0.0778. The molecule has 1 atom stereocenters. The van der Waals surface area contributed by atoms with Crippen molar-refractivity contribution in [2.24, 2.45) is 0 Å². The Morgan fingerprint density at radius 3 is 2.75 bits per heavy atom. The highest BCUT2D eigenvalue weighted by Gasteiger charge is 2.17. The van der Waals surface area contributed by atoms with Crippen molar-refractivity contribution in [2.45, 2.75) is 17.2 Å². The summed E-state index contributed by atoms with van der Waals surface area (Å²) in [6.45, 7) is 1.96. The third-order valence-electron chi connectivity index (χ3n) is 3.30. The highest BCUT2D eigenvalue weighted by Crippen LogP contribution is 2.33. The lowest BCUT2D eigenvalue weighted by molar-refractivity contribution is 0.380. The van der Waals surface area contributed by atoms with Crippen LogP contribution in [0.25, 0.3) is 11.4 Å². The summed E-state index contributed by atoms with van der Waals surface area (Å²) in [7, 11) is 1.62. The molecule has 6 nitrogen and oxygen atoms in total. The van der Waals surface area contributed by atoms with Crippen LogP contribution >= 0.6 is 11.8 Å². The molecule has 0 bridgehead atoms. The van der Waals surface area contributed by atoms with Gasteiger partial charge in [-0.2, -0.15) is 10.2 Å². The van der Waals surface area contributed by atoms with Crippen LogP contribution in [0.15, 0.2) is 52.1 Å². The van der Waals surface area contributed by atoms with Gasteiger partial charge in [-0.25, -0.2) is 4.98 Å². The Morgan fingerprint density at radius 1 is 1.25 bits per heavy atom. The van der Waals surface area contributed by atoms with Crippen molar-refractivity contribution in [3.63, 3.8) is 0 Å². The standard InChI is InChI=1S/C17H14N4O2S/c1-11(24-15-9-12(10-18)7-8-19-15)17-20-16(21-23-17)13-3-5-14(22-2)6-4-13/h3-9,11H,1-2H3/t11-/m1/s1. The highest BCUT2D eigenvalue weighted by atomic mass is 32.2. The summed E-state index contributed by atoms with van der Waals surface area (Å²) in [6.07, 6.45) is 1.62. The normalized spacial score (nSPS) is 11.7. The maximum absolute atomic E-state index is 8.94. The predicted molar refractivity (Wildman–Crippen MR) is 89.5 cm³/mol. The number of aromatic nitrogens is 3. The SMILES string of the molecule is COc1ccc(-c2noc([C@@H](C)Sc3cc(C#N)ccn3)n2)cc1. The van der Waals surface area contributed by atoms with Gasteiger partial charge in [-0.3, -0.25) is 0 Å². The maximum Gasteiger partial charge on any atom is 0.240 e. The van der Waals surface area contributed by atoms with Crippen molar-refractivity contribution in [1.82, 2.24) is 15.1 Å². The Labute approximate surface area is 143 Å². The van der Waals surface area contributed by atoms with E-state index in [0.717, 1.165) is 16.3 Å². The van der Waals surface area contributed by atoms with E-state index in [0.29, 0.717) is 17.3 Å². The van der Waals surface area contributed by atoms with Crippen LogP contribution in [0.1, 0.15) is 23.6 Å². The van der Waals surface area contributed by atoms with E-state index in [1.54, 1.807) is 25.4 Å². The number of rotatable bonds is 5. The van der Waals surface area contributed by atoms with Gasteiger partial charge >= 0.3 is 0 Å². The Bertz CT molecular complexity index is 871. The van der Waals surface area contributed by atoms with Gasteiger partial charge in [-0.15, -0.1) is 0 Å². The smallest absolute Gasteiger partial charge is 0.240 e. The highest BCUT2D eigenvalue weighted by molar-refractivity contribution is 7.99. The minimum atomic E-state index is -0.0778. The van der Waals surface area contributed by atoms with Crippen LogP contribution in [0, 0.1) is 11.3 Å². The van der Waals surface area contributed by atoms with Crippen LogP contribution in [0.5, 0.6) is 5.75 Å². The Balaban J connectivity index is 1.75. The zero-order chi connectivity index (χ0) is 16.9. The first-order valence-corrected chi connectivity index (χ1v) is 8.08. The molecule has 2 heterocycles. The zero-order valence-electron chi connectivity index (χ0n) is 13.1. The molecule has 1 aromatic carbocycles. The van der Waals surface area contributed by atoms with Crippen molar-refractivity contribution in [3.05, 3.63) is 54.0 Å². The number of hydrogen-bond donors (Lipinski definition) is 0. The molecule has 0 saturated heterocycles. The number of methoxy groups -OCH3 is 1. The molecule has 0 radical (unpaired) electrons. The summed E-state index contributed by atoms with van der Waals surface area (Å²) in [5.41, 5.74) is 1.43. The maximum atomic E-state index is 8.94. The van der Waals surface area contributed by atoms with Crippen LogP contribution in [0.4, 0.5) is 0 Å². The number of benzene rings is 1. The molecular weight excluding hydrogens is 324 g/mol. The molecule has 120 valence electrons. The fraction of sp³-hybridized carbons (Fsp3) is 0.176. The first-order valence-electron chi connectivity index (χ1n) is 7.20. The van der Waals surface area contributed by atoms with Crippen LogP contribution in [0.2, 0.25) is 0 Å². The van der Waals surface area contributed by atoms with Crippen molar-refractivity contribution in [3.8, 4) is 23.2 Å². The fourth-order valence-corrected chi connectivity index (χ4v) is 2.91. The lowest BCUT2D eigenvalue weighted by Gasteiger charge is -2.05. The number of nitriles is 1. The van der Waals surface area contributed by atoms with E-state index in [1.807, 2.05) is 31.2 Å². The van der Waals surface area contributed by atoms with E-state index in [-0.39, 0.29) is 5.25 Å². The van der Waals surface area contributed by atoms with Crippen LogP contribution in [-0.4, -0.2) is 22.2 Å². The van der Waals surface area contributed by atoms with E-state index in [2.05, 4.69) is 21.2 Å². The van der Waals surface area contributed by atoms with E-state index in [1.165, 1.54) is 11.8 Å². The molecule has 0 aliphatic carbocycles. The average Bonchev–Trinajstić information content (AvgIpc) is 3.12. The predicted octanol–water partition coefficient (Wildman–Crippen LogP) is 3.87. The van der Waals surface area contributed by atoms with Crippen LogP contribution in [0.3, 0.4) is 0 Å². The molecule has 7 heteroatoms. The molecule has 0 N–H and O–H groups in total. The van der Waals surface area contributed by atoms with Crippen molar-refractivity contribution in [1.29, 1.82) is 5.26 Å². The quantitative estimate of drug-likeness (QED) is 0.653. The summed E-state index contributed by atoms with van der Waals surface area (Å²) >= 11 is 1.46. The molecule has 0 amide bonds. The summed E-state index contributed by atoms with van der Waals surface area (Å²) in [5, 5.41) is 13.6. The summed E-state index contributed by atoms with van der Waals surface area (Å²) in [4.78, 5) is 8.69. The summed E-state index contributed by atoms with van der Waals surface area (Å²) in [6, 6.07) is 13.0. The van der Waals surface area contributed by atoms with Gasteiger partial charge in [0, 0.05) is 11.8 Å². The van der Waals surface area contributed by atoms with Crippen LogP contribution < -0.4 is 4.74 Å². The topological polar surface area (TPSA) is 84.8 Å². The number of pyridine rings is 1. The van der Waals surface area contributed by atoms with Gasteiger partial charge in [0.1, 0.15) is 5.75 Å². The number of thioether (sulfide) groups is 1. The van der Waals surface area contributed by atoms with Gasteiger partial charge < -0.3 is 9.26 Å². The Kier molecular flexibility index (Phi) is 4.77. The van der Waals surface area contributed by atoms with Gasteiger partial charge in [0.2, 0.25) is 11.7 Å². The van der Waals surface area contributed by atoms with Gasteiger partial charge in [0.05, 0.1) is 29.0 Å². The fourth-order valence-electron chi connectivity index (χ4n) is 2.03. The zero-order valence-corrected chi connectivity index (χ0v) is 13.9. The molecule has 0 aliphatic rings.